The highest BCUT2D eigenvalue weighted by Gasteiger charge is 2.42. The van der Waals surface area contributed by atoms with Crippen molar-refractivity contribution in [2.45, 2.75) is 25.4 Å². The lowest BCUT2D eigenvalue weighted by Crippen LogP contribution is -2.51. The average molecular weight is 202 g/mol. The number of rotatable bonds is 1. The Labute approximate surface area is 77.0 Å². The van der Waals surface area contributed by atoms with Crippen molar-refractivity contribution in [1.82, 2.24) is 4.90 Å². The summed E-state index contributed by atoms with van der Waals surface area (Å²) >= 11 is 0. The molecule has 1 aliphatic heterocycles. The summed E-state index contributed by atoms with van der Waals surface area (Å²) < 4.78 is 25.5. The summed E-state index contributed by atoms with van der Waals surface area (Å²) in [6, 6.07) is 0. The molecule has 0 aromatic heterocycles. The van der Waals surface area contributed by atoms with E-state index >= 15 is 0 Å². The second kappa shape index (κ2) is 4.35. The molecule has 2 nitrogen and oxygen atoms in total. The number of aliphatic hydroxyl groups is 1. The van der Waals surface area contributed by atoms with Gasteiger partial charge in [0.2, 0.25) is 0 Å². The Morgan fingerprint density at radius 1 is 1.58 bits per heavy atom. The molecule has 0 bridgehead atoms. The first-order valence-electron chi connectivity index (χ1n) is 3.84. The zero-order chi connectivity index (χ0) is 8.48. The molecule has 0 spiro atoms. The predicted octanol–water partition coefficient (Wildman–Crippen LogP) is 1.13. The monoisotopic (exact) mass is 201 g/mol. The van der Waals surface area contributed by atoms with Crippen LogP contribution in [0.5, 0.6) is 0 Å². The molecule has 0 aromatic rings. The highest BCUT2D eigenvalue weighted by Crippen LogP contribution is 2.26. The third kappa shape index (κ3) is 2.54. The molecule has 1 heterocycles. The summed E-state index contributed by atoms with van der Waals surface area (Å²) in [6.07, 6.45) is -1.26. The third-order valence-electron chi connectivity index (χ3n) is 2.09. The summed E-state index contributed by atoms with van der Waals surface area (Å²) in [6.45, 7) is 2.74. The molecule has 5 heteroatoms. The van der Waals surface area contributed by atoms with Crippen molar-refractivity contribution >= 4 is 12.4 Å². The van der Waals surface area contributed by atoms with Gasteiger partial charge in [-0.15, -0.1) is 12.4 Å². The maximum atomic E-state index is 12.7. The van der Waals surface area contributed by atoms with E-state index < -0.39 is 12.0 Å². The molecule has 12 heavy (non-hydrogen) atoms. The number of piperidine rings is 1. The number of alkyl halides is 2. The number of hydrogen-bond donors (Lipinski definition) is 1. The summed E-state index contributed by atoms with van der Waals surface area (Å²) in [7, 11) is 0. The van der Waals surface area contributed by atoms with Crippen LogP contribution in [0.4, 0.5) is 8.78 Å². The minimum Gasteiger partial charge on any atom is -0.387 e. The van der Waals surface area contributed by atoms with Gasteiger partial charge in [-0.05, 0) is 13.0 Å². The van der Waals surface area contributed by atoms with Crippen molar-refractivity contribution in [3.63, 3.8) is 0 Å². The average Bonchev–Trinajstić information content (AvgIpc) is 1.95. The maximum Gasteiger partial charge on any atom is 0.285 e. The molecule has 74 valence electrons. The van der Waals surface area contributed by atoms with E-state index in [1.807, 2.05) is 6.92 Å². The minimum atomic E-state index is -2.91. The van der Waals surface area contributed by atoms with Crippen LogP contribution in [0.25, 0.3) is 0 Å². The first kappa shape index (κ1) is 12.1. The van der Waals surface area contributed by atoms with E-state index in [1.165, 1.54) is 0 Å². The molecule has 0 aliphatic carbocycles. The van der Waals surface area contributed by atoms with Crippen LogP contribution in [0.1, 0.15) is 13.3 Å². The predicted molar refractivity (Wildman–Crippen MR) is 44.9 cm³/mol. The molecule has 1 N–H and O–H groups in total. The Hall–Kier alpha value is 0.0700. The zero-order valence-electron chi connectivity index (χ0n) is 6.96. The van der Waals surface area contributed by atoms with Crippen LogP contribution in [0.2, 0.25) is 0 Å². The number of likely N-dealkylation sites (tertiary alicyclic amines) is 1. The third-order valence-corrected chi connectivity index (χ3v) is 2.09. The minimum absolute atomic E-state index is 0. The summed E-state index contributed by atoms with van der Waals surface area (Å²) in [5.74, 6) is -2.91. The quantitative estimate of drug-likeness (QED) is 0.688. The van der Waals surface area contributed by atoms with E-state index in [1.54, 1.807) is 4.90 Å². The molecule has 1 unspecified atom stereocenters. The highest BCUT2D eigenvalue weighted by molar-refractivity contribution is 5.85. The van der Waals surface area contributed by atoms with Crippen LogP contribution in [0.15, 0.2) is 0 Å². The lowest BCUT2D eigenvalue weighted by atomic mass is 10.0. The fourth-order valence-corrected chi connectivity index (χ4v) is 1.27. The molecule has 0 saturated carbocycles. The Morgan fingerprint density at radius 3 is 2.58 bits per heavy atom. The van der Waals surface area contributed by atoms with Gasteiger partial charge >= 0.3 is 0 Å². The van der Waals surface area contributed by atoms with Gasteiger partial charge in [-0.25, -0.2) is 8.78 Å². The van der Waals surface area contributed by atoms with Gasteiger partial charge in [0.05, 0.1) is 6.54 Å². The first-order chi connectivity index (χ1) is 5.06. The topological polar surface area (TPSA) is 23.5 Å². The molecule has 1 atom stereocenters. The van der Waals surface area contributed by atoms with E-state index in [4.69, 9.17) is 5.11 Å². The normalized spacial score (nSPS) is 29.5. The van der Waals surface area contributed by atoms with Gasteiger partial charge in [-0.1, -0.05) is 6.92 Å². The van der Waals surface area contributed by atoms with E-state index in [9.17, 15) is 8.78 Å². The second-order valence-corrected chi connectivity index (χ2v) is 2.93. The van der Waals surface area contributed by atoms with Gasteiger partial charge in [-0.3, -0.25) is 4.90 Å². The van der Waals surface area contributed by atoms with Crippen LogP contribution in [0.3, 0.4) is 0 Å². The van der Waals surface area contributed by atoms with Crippen LogP contribution in [-0.2, 0) is 0 Å². The Balaban J connectivity index is 0.00000121. The second-order valence-electron chi connectivity index (χ2n) is 2.93. The van der Waals surface area contributed by atoms with Gasteiger partial charge in [0.1, 0.15) is 6.10 Å². The smallest absolute Gasteiger partial charge is 0.285 e. The Morgan fingerprint density at radius 2 is 2.17 bits per heavy atom. The van der Waals surface area contributed by atoms with Crippen LogP contribution < -0.4 is 0 Å². The van der Waals surface area contributed by atoms with E-state index in [2.05, 4.69) is 0 Å². The van der Waals surface area contributed by atoms with Crippen molar-refractivity contribution in [3.8, 4) is 0 Å². The summed E-state index contributed by atoms with van der Waals surface area (Å²) in [5.41, 5.74) is 0. The van der Waals surface area contributed by atoms with Crippen molar-refractivity contribution in [3.05, 3.63) is 0 Å². The lowest BCUT2D eigenvalue weighted by molar-refractivity contribution is -0.148. The van der Waals surface area contributed by atoms with Gasteiger partial charge in [-0.2, -0.15) is 0 Å². The molecule has 1 saturated heterocycles. The molecule has 0 aromatic carbocycles. The summed E-state index contributed by atoms with van der Waals surface area (Å²) in [5, 5.41) is 8.87. The molecular weight excluding hydrogens is 188 g/mol. The Bertz CT molecular complexity index is 145. The number of hydrogen-bond acceptors (Lipinski definition) is 2. The molecule has 0 radical (unpaired) electrons. The van der Waals surface area contributed by atoms with Crippen molar-refractivity contribution in [2.75, 3.05) is 19.6 Å². The summed E-state index contributed by atoms with van der Waals surface area (Å²) in [4.78, 5) is 1.65. The van der Waals surface area contributed by atoms with Crippen LogP contribution >= 0.6 is 12.4 Å². The van der Waals surface area contributed by atoms with Gasteiger partial charge in [0, 0.05) is 6.54 Å². The van der Waals surface area contributed by atoms with Crippen LogP contribution in [0, 0.1) is 0 Å². The van der Waals surface area contributed by atoms with Crippen LogP contribution in [-0.4, -0.2) is 41.7 Å². The van der Waals surface area contributed by atoms with Gasteiger partial charge < -0.3 is 5.11 Å². The maximum absolute atomic E-state index is 12.7. The van der Waals surface area contributed by atoms with E-state index in [-0.39, 0.29) is 25.4 Å². The van der Waals surface area contributed by atoms with Crippen molar-refractivity contribution < 1.29 is 13.9 Å². The zero-order valence-corrected chi connectivity index (χ0v) is 7.78. The number of halogens is 3. The fourth-order valence-electron chi connectivity index (χ4n) is 1.27. The molecule has 1 fully saturated rings. The standard InChI is InChI=1S/C7H13F2NO.ClH/c1-2-10-4-3-6(11)7(8,9)5-10;/h6,11H,2-5H2,1H3;1H. The lowest BCUT2D eigenvalue weighted by Gasteiger charge is -2.35. The molecule has 1 aliphatic rings. The molecule has 1 rings (SSSR count). The molecule has 0 amide bonds. The highest BCUT2D eigenvalue weighted by atomic mass is 35.5. The van der Waals surface area contributed by atoms with E-state index in [0.29, 0.717) is 13.1 Å². The fraction of sp³-hybridized carbons (Fsp3) is 1.00. The largest absolute Gasteiger partial charge is 0.387 e. The number of nitrogens with zero attached hydrogens (tertiary/aromatic N) is 1. The van der Waals surface area contributed by atoms with Gasteiger partial charge in [0.25, 0.3) is 5.92 Å². The number of aliphatic hydroxyl groups excluding tert-OH is 1. The first-order valence-corrected chi connectivity index (χ1v) is 3.84. The van der Waals surface area contributed by atoms with Crippen molar-refractivity contribution in [1.29, 1.82) is 0 Å². The van der Waals surface area contributed by atoms with Gasteiger partial charge in [0.15, 0.2) is 0 Å². The molecular formula is C7H14ClF2NO. The Kier molecular flexibility index (Phi) is 4.37. The van der Waals surface area contributed by atoms with E-state index in [0.717, 1.165) is 0 Å². The van der Waals surface area contributed by atoms with Crippen molar-refractivity contribution in [2.24, 2.45) is 0 Å². The SMILES string of the molecule is CCN1CCC(O)C(F)(F)C1.Cl.